The molecule has 0 fully saturated rings. The maximum absolute atomic E-state index is 12.4. The van der Waals surface area contributed by atoms with Gasteiger partial charge in [-0.25, -0.2) is 9.59 Å². The lowest BCUT2D eigenvalue weighted by Gasteiger charge is -2.11. The van der Waals surface area contributed by atoms with Crippen molar-refractivity contribution in [2.45, 2.75) is 0 Å². The van der Waals surface area contributed by atoms with Crippen molar-refractivity contribution < 1.29 is 55.9 Å². The van der Waals surface area contributed by atoms with Gasteiger partial charge in [-0.2, -0.15) is 0 Å². The highest BCUT2D eigenvalue weighted by Crippen LogP contribution is 2.18. The molecule has 0 aliphatic carbocycles. The van der Waals surface area contributed by atoms with Crippen LogP contribution in [0.5, 0.6) is 0 Å². The molecule has 0 atom stereocenters. The summed E-state index contributed by atoms with van der Waals surface area (Å²) in [5.41, 5.74) is 6.40. The summed E-state index contributed by atoms with van der Waals surface area (Å²) in [5, 5.41) is 40.0. The quantitative estimate of drug-likeness (QED) is 0.309. The summed E-state index contributed by atoms with van der Waals surface area (Å²) in [6.45, 7) is 0. The first-order valence-electron chi connectivity index (χ1n) is 9.38. The van der Waals surface area contributed by atoms with Crippen LogP contribution >= 0.6 is 0 Å². The average Bonchev–Trinajstić information content (AvgIpc) is 2.77. The van der Waals surface area contributed by atoms with Crippen LogP contribution in [0.2, 0.25) is 0 Å². The molecular formula is C23H18N2O9. The molecule has 0 aromatic heterocycles. The third-order valence-electron chi connectivity index (χ3n) is 4.46. The zero-order valence-corrected chi connectivity index (χ0v) is 17.4. The Morgan fingerprint density at radius 2 is 0.971 bits per heavy atom. The molecule has 8 N–H and O–H groups in total. The van der Waals surface area contributed by atoms with Crippen LogP contribution in [-0.2, 0) is 0 Å². The number of quaternary nitrogens is 2. The lowest BCUT2D eigenvalue weighted by molar-refractivity contribution is -0.265. The van der Waals surface area contributed by atoms with Gasteiger partial charge >= 0.3 is 11.9 Å². The monoisotopic (exact) mass is 466 g/mol. The lowest BCUT2D eigenvalue weighted by atomic mass is 9.95. The van der Waals surface area contributed by atoms with E-state index in [0.717, 1.165) is 47.8 Å². The van der Waals surface area contributed by atoms with E-state index in [1.807, 2.05) is 24.3 Å². The van der Waals surface area contributed by atoms with Crippen molar-refractivity contribution in [1.82, 2.24) is 0 Å². The van der Waals surface area contributed by atoms with Crippen molar-refractivity contribution in [3.05, 3.63) is 94.0 Å². The fraction of sp³-hybridized carbons (Fsp3) is 0. The minimum absolute atomic E-state index is 0.249. The van der Waals surface area contributed by atoms with E-state index in [1.54, 1.807) is 0 Å². The van der Waals surface area contributed by atoms with Gasteiger partial charge in [-0.1, -0.05) is 18.2 Å². The van der Waals surface area contributed by atoms with E-state index in [1.165, 1.54) is 0 Å². The van der Waals surface area contributed by atoms with E-state index >= 15 is 0 Å². The zero-order chi connectivity index (χ0) is 25.6. The Morgan fingerprint density at radius 1 is 0.588 bits per heavy atom. The van der Waals surface area contributed by atoms with Crippen LogP contribution in [-0.4, -0.2) is 39.9 Å². The molecule has 0 heterocycles. The Bertz CT molecular complexity index is 1220. The largest absolute Gasteiger partial charge is 0.545 e. The summed E-state index contributed by atoms with van der Waals surface area (Å²) in [6, 6.07) is 13.2. The van der Waals surface area contributed by atoms with Crippen molar-refractivity contribution in [3.63, 3.8) is 0 Å². The highest BCUT2D eigenvalue weighted by atomic mass is 16.4. The highest BCUT2D eigenvalue weighted by Gasteiger charge is 2.18. The normalized spacial score (nSPS) is 9.94. The topological polar surface area (TPSA) is 227 Å². The van der Waals surface area contributed by atoms with Gasteiger partial charge in [-0.15, -0.1) is 0 Å². The minimum Gasteiger partial charge on any atom is -0.545 e. The maximum Gasteiger partial charge on any atom is 0.336 e. The van der Waals surface area contributed by atoms with E-state index in [9.17, 15) is 34.2 Å². The number of benzene rings is 3. The summed E-state index contributed by atoms with van der Waals surface area (Å²) < 4.78 is 0. The average molecular weight is 466 g/mol. The molecule has 3 rings (SSSR count). The Morgan fingerprint density at radius 3 is 1.24 bits per heavy atom. The number of carbonyl (C=O) groups is 5. The first-order valence-corrected chi connectivity index (χ1v) is 9.38. The van der Waals surface area contributed by atoms with Crippen molar-refractivity contribution in [3.8, 4) is 0 Å². The molecule has 3 aromatic carbocycles. The van der Waals surface area contributed by atoms with Crippen molar-refractivity contribution >= 4 is 41.0 Å². The van der Waals surface area contributed by atoms with Crippen LogP contribution in [0.1, 0.15) is 57.4 Å². The smallest absolute Gasteiger partial charge is 0.336 e. The third kappa shape index (κ3) is 6.09. The predicted molar refractivity (Wildman–Crippen MR) is 110 cm³/mol. The second-order valence-corrected chi connectivity index (χ2v) is 6.86. The first-order chi connectivity index (χ1) is 15.9. The Kier molecular flexibility index (Phi) is 7.94. The van der Waals surface area contributed by atoms with Crippen LogP contribution in [0.25, 0.3) is 0 Å². The standard InChI is InChI=1S/C17H10O9.C6H8N2/c18-13(7-1-3-9(14(19)20)11(5-7)16(23)24)8-2-4-10(15(21)22)12(6-8)17(25)26;7-5-2-1-3-6(8)4-5/h1-6H,(H,19,20)(H,21,22)(H,23,24)(H,25,26);1-4H,7-8H2. The summed E-state index contributed by atoms with van der Waals surface area (Å²) in [7, 11) is 0. The van der Waals surface area contributed by atoms with Crippen LogP contribution < -0.4 is 21.7 Å². The van der Waals surface area contributed by atoms with E-state index < -0.39 is 51.9 Å². The minimum atomic E-state index is -1.81. The molecule has 0 saturated carbocycles. The van der Waals surface area contributed by atoms with Gasteiger partial charge in [0.25, 0.3) is 0 Å². The summed E-state index contributed by atoms with van der Waals surface area (Å²) in [6.07, 6.45) is 0. The second-order valence-electron chi connectivity index (χ2n) is 6.86. The van der Waals surface area contributed by atoms with Crippen molar-refractivity contribution in [2.75, 3.05) is 0 Å². The Balaban J connectivity index is 0.000000430. The second kappa shape index (κ2) is 10.6. The third-order valence-corrected chi connectivity index (χ3v) is 4.46. The van der Waals surface area contributed by atoms with Gasteiger partial charge in [0.15, 0.2) is 5.78 Å². The van der Waals surface area contributed by atoms with Crippen LogP contribution in [0.15, 0.2) is 60.7 Å². The molecule has 0 radical (unpaired) electrons. The predicted octanol–water partition coefficient (Wildman–Crippen LogP) is -1.53. The number of aromatic carboxylic acids is 4. The molecule has 3 aromatic rings. The zero-order valence-electron chi connectivity index (χ0n) is 17.4. The number of carboxylic acid groups (broad SMARTS) is 4. The van der Waals surface area contributed by atoms with Crippen molar-refractivity contribution in [1.29, 1.82) is 0 Å². The number of hydrogen-bond acceptors (Lipinski definition) is 7. The molecule has 0 aliphatic rings. The van der Waals surface area contributed by atoms with Crippen LogP contribution in [0, 0.1) is 0 Å². The summed E-state index contributed by atoms with van der Waals surface area (Å²) in [4.78, 5) is 56.6. The molecular weight excluding hydrogens is 448 g/mol. The number of rotatable bonds is 6. The molecule has 11 heteroatoms. The molecule has 0 saturated heterocycles. The van der Waals surface area contributed by atoms with Gasteiger partial charge in [0.1, 0.15) is 11.4 Å². The molecule has 34 heavy (non-hydrogen) atoms. The maximum atomic E-state index is 12.4. The van der Waals surface area contributed by atoms with E-state index in [0.29, 0.717) is 0 Å². The molecule has 174 valence electrons. The van der Waals surface area contributed by atoms with Crippen LogP contribution in [0.3, 0.4) is 0 Å². The lowest BCUT2D eigenvalue weighted by Crippen LogP contribution is -2.43. The SMILES string of the molecule is O=C(c1ccc(C(=O)O)c(C(=O)[O-])c1)c1ccc(C(=O)O)c(C(=O)[O-])c1.[NH3+]c1cccc([NH3+])c1. The molecule has 0 amide bonds. The van der Waals surface area contributed by atoms with Gasteiger partial charge in [0, 0.05) is 22.3 Å². The Hall–Kier alpha value is -4.87. The van der Waals surface area contributed by atoms with Crippen molar-refractivity contribution in [2.24, 2.45) is 0 Å². The van der Waals surface area contributed by atoms with Gasteiger partial charge in [-0.05, 0) is 36.4 Å². The summed E-state index contributed by atoms with van der Waals surface area (Å²) in [5.74, 6) is -7.53. The Labute approximate surface area is 191 Å². The molecule has 0 unspecified atom stereocenters. The van der Waals surface area contributed by atoms with Gasteiger partial charge in [-0.3, -0.25) is 4.79 Å². The fourth-order valence-electron chi connectivity index (χ4n) is 2.88. The van der Waals surface area contributed by atoms with E-state index in [4.69, 9.17) is 10.2 Å². The van der Waals surface area contributed by atoms with Gasteiger partial charge in [0.2, 0.25) is 0 Å². The molecule has 0 spiro atoms. The number of ketones is 1. The molecule has 11 nitrogen and oxygen atoms in total. The molecule has 0 aliphatic heterocycles. The molecule has 0 bridgehead atoms. The summed E-state index contributed by atoms with van der Waals surface area (Å²) >= 11 is 0. The van der Waals surface area contributed by atoms with E-state index in [2.05, 4.69) is 11.5 Å². The van der Waals surface area contributed by atoms with Crippen LogP contribution in [0.4, 0.5) is 11.4 Å². The highest BCUT2D eigenvalue weighted by molar-refractivity contribution is 6.13. The fourth-order valence-corrected chi connectivity index (χ4v) is 2.88. The number of hydrogen-bond donors (Lipinski definition) is 4. The van der Waals surface area contributed by atoms with E-state index in [-0.39, 0.29) is 11.1 Å². The number of carboxylic acids is 4. The number of carbonyl (C=O) groups excluding carboxylic acids is 3. The first kappa shape index (κ1) is 25.4. The van der Waals surface area contributed by atoms with Gasteiger partial charge < -0.3 is 41.5 Å². The van der Waals surface area contributed by atoms with Gasteiger partial charge in [0.05, 0.1) is 29.1 Å².